The van der Waals surface area contributed by atoms with E-state index >= 15 is 0 Å². The summed E-state index contributed by atoms with van der Waals surface area (Å²) in [6.45, 7) is 2.11. The highest BCUT2D eigenvalue weighted by atomic mass is 35.5. The SMILES string of the molecule is CCc1cccc(NC2C(=O)Nc3ccc(Cl)cc32)c1. The van der Waals surface area contributed by atoms with Gasteiger partial charge in [0.05, 0.1) is 0 Å². The lowest BCUT2D eigenvalue weighted by Crippen LogP contribution is -2.19. The number of fused-ring (bicyclic) bond motifs is 1. The van der Waals surface area contributed by atoms with Crippen molar-refractivity contribution in [1.82, 2.24) is 0 Å². The smallest absolute Gasteiger partial charge is 0.251 e. The van der Waals surface area contributed by atoms with Gasteiger partial charge in [0.2, 0.25) is 0 Å². The van der Waals surface area contributed by atoms with Crippen LogP contribution in [-0.4, -0.2) is 5.91 Å². The van der Waals surface area contributed by atoms with E-state index in [-0.39, 0.29) is 5.91 Å². The molecule has 1 aliphatic rings. The maximum Gasteiger partial charge on any atom is 0.251 e. The number of aryl methyl sites for hydroxylation is 1. The quantitative estimate of drug-likeness (QED) is 0.895. The van der Waals surface area contributed by atoms with Gasteiger partial charge in [-0.1, -0.05) is 30.7 Å². The predicted molar refractivity (Wildman–Crippen MR) is 82.3 cm³/mol. The molecule has 3 rings (SSSR count). The highest BCUT2D eigenvalue weighted by Crippen LogP contribution is 2.35. The molecule has 3 nitrogen and oxygen atoms in total. The minimum atomic E-state index is -0.393. The Morgan fingerprint density at radius 2 is 2.10 bits per heavy atom. The highest BCUT2D eigenvalue weighted by Gasteiger charge is 2.30. The van der Waals surface area contributed by atoms with Crippen LogP contribution in [0.25, 0.3) is 0 Å². The molecule has 0 radical (unpaired) electrons. The molecule has 1 amide bonds. The number of anilines is 2. The van der Waals surface area contributed by atoms with E-state index in [9.17, 15) is 4.79 Å². The molecule has 0 bridgehead atoms. The Morgan fingerprint density at radius 3 is 2.90 bits per heavy atom. The van der Waals surface area contributed by atoms with E-state index in [2.05, 4.69) is 29.7 Å². The first kappa shape index (κ1) is 13.0. The summed E-state index contributed by atoms with van der Waals surface area (Å²) < 4.78 is 0. The Balaban J connectivity index is 1.91. The molecule has 2 N–H and O–H groups in total. The maximum atomic E-state index is 12.1. The van der Waals surface area contributed by atoms with E-state index in [0.717, 1.165) is 23.4 Å². The van der Waals surface area contributed by atoms with E-state index in [1.807, 2.05) is 24.3 Å². The van der Waals surface area contributed by atoms with Crippen LogP contribution >= 0.6 is 11.6 Å². The summed E-state index contributed by atoms with van der Waals surface area (Å²) in [7, 11) is 0. The Bertz CT molecular complexity index is 669. The van der Waals surface area contributed by atoms with E-state index in [0.29, 0.717) is 5.02 Å². The number of hydrogen-bond acceptors (Lipinski definition) is 2. The second-order valence-corrected chi connectivity index (χ2v) is 5.29. The van der Waals surface area contributed by atoms with E-state index < -0.39 is 6.04 Å². The average molecular weight is 287 g/mol. The molecule has 1 heterocycles. The summed E-state index contributed by atoms with van der Waals surface area (Å²) in [5.41, 5.74) is 3.89. The molecule has 0 aliphatic carbocycles. The molecular weight excluding hydrogens is 272 g/mol. The second-order valence-electron chi connectivity index (χ2n) is 4.85. The Labute approximate surface area is 123 Å². The van der Waals surface area contributed by atoms with Gasteiger partial charge in [0, 0.05) is 22.0 Å². The first-order chi connectivity index (χ1) is 9.67. The van der Waals surface area contributed by atoms with Gasteiger partial charge in [-0.05, 0) is 42.3 Å². The fourth-order valence-corrected chi connectivity index (χ4v) is 2.60. The molecule has 1 atom stereocenters. The van der Waals surface area contributed by atoms with Crippen LogP contribution < -0.4 is 10.6 Å². The number of halogens is 1. The standard InChI is InChI=1S/C16H15ClN2O/c1-2-10-4-3-5-12(8-10)18-15-13-9-11(17)6-7-14(13)19-16(15)20/h3-9,15,18H,2H2,1H3,(H,19,20). The van der Waals surface area contributed by atoms with E-state index in [4.69, 9.17) is 11.6 Å². The lowest BCUT2D eigenvalue weighted by Gasteiger charge is -2.14. The fraction of sp³-hybridized carbons (Fsp3) is 0.188. The van der Waals surface area contributed by atoms with Crippen molar-refractivity contribution < 1.29 is 4.79 Å². The maximum absolute atomic E-state index is 12.1. The van der Waals surface area contributed by atoms with Crippen molar-refractivity contribution in [2.75, 3.05) is 10.6 Å². The largest absolute Gasteiger partial charge is 0.370 e. The number of rotatable bonds is 3. The zero-order chi connectivity index (χ0) is 14.1. The minimum absolute atomic E-state index is 0.0517. The minimum Gasteiger partial charge on any atom is -0.370 e. The van der Waals surface area contributed by atoms with Crippen molar-refractivity contribution >= 4 is 28.9 Å². The third kappa shape index (κ3) is 2.37. The van der Waals surface area contributed by atoms with Gasteiger partial charge in [0.25, 0.3) is 5.91 Å². The van der Waals surface area contributed by atoms with Crippen LogP contribution in [-0.2, 0) is 11.2 Å². The predicted octanol–water partition coefficient (Wildman–Crippen LogP) is 4.01. The van der Waals surface area contributed by atoms with E-state index in [1.165, 1.54) is 5.56 Å². The first-order valence-electron chi connectivity index (χ1n) is 6.63. The number of nitrogens with one attached hydrogen (secondary N) is 2. The molecule has 1 unspecified atom stereocenters. The summed E-state index contributed by atoms with van der Waals surface area (Å²) in [5, 5.41) is 6.78. The lowest BCUT2D eigenvalue weighted by atomic mass is 10.1. The molecule has 0 saturated heterocycles. The molecular formula is C16H15ClN2O. The normalized spacial score (nSPS) is 16.7. The van der Waals surface area contributed by atoms with Crippen molar-refractivity contribution in [3.63, 3.8) is 0 Å². The van der Waals surface area contributed by atoms with Gasteiger partial charge in [0.1, 0.15) is 6.04 Å². The van der Waals surface area contributed by atoms with Gasteiger partial charge in [-0.25, -0.2) is 0 Å². The van der Waals surface area contributed by atoms with Crippen LogP contribution in [0.1, 0.15) is 24.1 Å². The number of benzene rings is 2. The molecule has 1 aliphatic heterocycles. The fourth-order valence-electron chi connectivity index (χ4n) is 2.42. The van der Waals surface area contributed by atoms with Gasteiger partial charge in [0.15, 0.2) is 0 Å². The molecule has 0 spiro atoms. The van der Waals surface area contributed by atoms with Crippen molar-refractivity contribution in [2.24, 2.45) is 0 Å². The van der Waals surface area contributed by atoms with Gasteiger partial charge in [-0.2, -0.15) is 0 Å². The summed E-state index contributed by atoms with van der Waals surface area (Å²) >= 11 is 6.02. The summed E-state index contributed by atoms with van der Waals surface area (Å²) in [6, 6.07) is 13.1. The number of hydrogen-bond donors (Lipinski definition) is 2. The van der Waals surface area contributed by atoms with Gasteiger partial charge < -0.3 is 10.6 Å². The molecule has 2 aromatic rings. The molecule has 4 heteroatoms. The van der Waals surface area contributed by atoms with Crippen LogP contribution in [0.5, 0.6) is 0 Å². The molecule has 0 aromatic heterocycles. The zero-order valence-corrected chi connectivity index (χ0v) is 11.9. The summed E-state index contributed by atoms with van der Waals surface area (Å²) in [6.07, 6.45) is 0.967. The third-order valence-corrected chi connectivity index (χ3v) is 3.73. The Morgan fingerprint density at radius 1 is 1.25 bits per heavy atom. The molecule has 20 heavy (non-hydrogen) atoms. The van der Waals surface area contributed by atoms with E-state index in [1.54, 1.807) is 6.07 Å². The van der Waals surface area contributed by atoms with Crippen molar-refractivity contribution in [2.45, 2.75) is 19.4 Å². The molecule has 2 aromatic carbocycles. The Kier molecular flexibility index (Phi) is 3.36. The van der Waals surface area contributed by atoms with Crippen molar-refractivity contribution in [3.05, 3.63) is 58.6 Å². The summed E-state index contributed by atoms with van der Waals surface area (Å²) in [4.78, 5) is 12.1. The van der Waals surface area contributed by atoms with Gasteiger partial charge in [-0.15, -0.1) is 0 Å². The molecule has 0 fully saturated rings. The van der Waals surface area contributed by atoms with Crippen LogP contribution in [0.4, 0.5) is 11.4 Å². The number of carbonyl (C=O) groups excluding carboxylic acids is 1. The second kappa shape index (κ2) is 5.17. The molecule has 102 valence electrons. The molecule has 0 saturated carbocycles. The van der Waals surface area contributed by atoms with Crippen LogP contribution in [0.3, 0.4) is 0 Å². The van der Waals surface area contributed by atoms with Crippen LogP contribution in [0.15, 0.2) is 42.5 Å². The monoisotopic (exact) mass is 286 g/mol. The highest BCUT2D eigenvalue weighted by molar-refractivity contribution is 6.31. The third-order valence-electron chi connectivity index (χ3n) is 3.49. The average Bonchev–Trinajstić information content (AvgIpc) is 2.75. The van der Waals surface area contributed by atoms with Gasteiger partial charge in [-0.3, -0.25) is 4.79 Å². The van der Waals surface area contributed by atoms with Crippen LogP contribution in [0, 0.1) is 0 Å². The number of amides is 1. The number of carbonyl (C=O) groups is 1. The topological polar surface area (TPSA) is 41.1 Å². The van der Waals surface area contributed by atoms with Crippen LogP contribution in [0.2, 0.25) is 5.02 Å². The first-order valence-corrected chi connectivity index (χ1v) is 7.01. The van der Waals surface area contributed by atoms with Crippen molar-refractivity contribution in [3.8, 4) is 0 Å². The zero-order valence-electron chi connectivity index (χ0n) is 11.1. The summed E-state index contributed by atoms with van der Waals surface area (Å²) in [5.74, 6) is -0.0517. The van der Waals surface area contributed by atoms with Gasteiger partial charge >= 0.3 is 0 Å². The Hall–Kier alpha value is -2.00. The lowest BCUT2D eigenvalue weighted by molar-refractivity contribution is -0.116. The van der Waals surface area contributed by atoms with Crippen molar-refractivity contribution in [1.29, 1.82) is 0 Å².